The SMILES string of the molecule is Cc1nc(-c2ccc(C(=O)N[C@@H]3C4CCN(CC4)[C@H]3C)s2)cs1. The van der Waals surface area contributed by atoms with Crippen molar-refractivity contribution in [2.24, 2.45) is 5.92 Å². The summed E-state index contributed by atoms with van der Waals surface area (Å²) < 4.78 is 0. The summed E-state index contributed by atoms with van der Waals surface area (Å²) in [5.41, 5.74) is 0.979. The molecule has 2 atom stereocenters. The van der Waals surface area contributed by atoms with Crippen LogP contribution in [-0.4, -0.2) is 41.0 Å². The van der Waals surface area contributed by atoms with Crippen molar-refractivity contribution < 1.29 is 4.79 Å². The number of thiophene rings is 1. The molecule has 5 heterocycles. The predicted octanol–water partition coefficient (Wildman–Crippen LogP) is 3.39. The highest BCUT2D eigenvalue weighted by Crippen LogP contribution is 2.33. The molecule has 0 saturated carbocycles. The number of thiazole rings is 1. The molecule has 3 fully saturated rings. The van der Waals surface area contributed by atoms with Crippen molar-refractivity contribution in [2.45, 2.75) is 38.8 Å². The zero-order valence-corrected chi connectivity index (χ0v) is 15.0. The number of carbonyl (C=O) groups is 1. The Morgan fingerprint density at radius 1 is 1.35 bits per heavy atom. The van der Waals surface area contributed by atoms with Crippen molar-refractivity contribution in [2.75, 3.05) is 13.1 Å². The van der Waals surface area contributed by atoms with Crippen LogP contribution in [0.1, 0.15) is 34.4 Å². The van der Waals surface area contributed by atoms with Gasteiger partial charge in [0.1, 0.15) is 0 Å². The fourth-order valence-electron chi connectivity index (χ4n) is 3.84. The van der Waals surface area contributed by atoms with Crippen LogP contribution >= 0.6 is 22.7 Å². The number of aryl methyl sites for hydroxylation is 1. The third kappa shape index (κ3) is 2.84. The van der Waals surface area contributed by atoms with Gasteiger partial charge in [-0.3, -0.25) is 9.69 Å². The molecule has 122 valence electrons. The summed E-state index contributed by atoms with van der Waals surface area (Å²) in [6, 6.07) is 4.67. The summed E-state index contributed by atoms with van der Waals surface area (Å²) in [5, 5.41) is 6.41. The lowest BCUT2D eigenvalue weighted by molar-refractivity contribution is 0.0218. The standard InChI is InChI=1S/C17H21N3OS2/c1-10-16(12-5-7-20(10)8-6-12)19-17(21)15-4-3-14(23-15)13-9-22-11(2)18-13/h3-4,9-10,12,16H,5-8H2,1-2H3,(H,19,21)/t10-,16-/m0/s1. The van der Waals surface area contributed by atoms with Gasteiger partial charge in [-0.1, -0.05) is 0 Å². The summed E-state index contributed by atoms with van der Waals surface area (Å²) in [6.07, 6.45) is 2.42. The van der Waals surface area contributed by atoms with Gasteiger partial charge in [-0.15, -0.1) is 22.7 Å². The second-order valence-corrected chi connectivity index (χ2v) is 8.67. The van der Waals surface area contributed by atoms with Crippen molar-refractivity contribution in [1.29, 1.82) is 0 Å². The molecule has 2 aromatic heterocycles. The van der Waals surface area contributed by atoms with Crippen LogP contribution in [0.3, 0.4) is 0 Å². The molecular weight excluding hydrogens is 326 g/mol. The van der Waals surface area contributed by atoms with Crippen LogP contribution in [0.4, 0.5) is 0 Å². The number of fused-ring (bicyclic) bond motifs is 3. The molecule has 3 aliphatic rings. The van der Waals surface area contributed by atoms with Crippen LogP contribution in [-0.2, 0) is 0 Å². The lowest BCUT2D eigenvalue weighted by Gasteiger charge is -2.49. The van der Waals surface area contributed by atoms with Gasteiger partial charge < -0.3 is 5.32 Å². The minimum atomic E-state index is 0.0683. The largest absolute Gasteiger partial charge is 0.347 e. The maximum absolute atomic E-state index is 12.6. The molecule has 4 nitrogen and oxygen atoms in total. The molecule has 3 aliphatic heterocycles. The zero-order chi connectivity index (χ0) is 16.0. The minimum absolute atomic E-state index is 0.0683. The molecule has 1 N–H and O–H groups in total. The second kappa shape index (κ2) is 6.00. The maximum atomic E-state index is 12.6. The molecule has 23 heavy (non-hydrogen) atoms. The zero-order valence-electron chi connectivity index (χ0n) is 13.4. The first-order chi connectivity index (χ1) is 11.1. The molecule has 2 aromatic rings. The first kappa shape index (κ1) is 15.3. The highest BCUT2D eigenvalue weighted by Gasteiger charge is 2.40. The van der Waals surface area contributed by atoms with E-state index < -0.39 is 0 Å². The highest BCUT2D eigenvalue weighted by molar-refractivity contribution is 7.17. The third-order valence-corrected chi connectivity index (χ3v) is 7.06. The van der Waals surface area contributed by atoms with E-state index in [1.165, 1.54) is 37.3 Å². The van der Waals surface area contributed by atoms with E-state index in [9.17, 15) is 4.79 Å². The molecule has 6 heteroatoms. The van der Waals surface area contributed by atoms with Gasteiger partial charge in [0.25, 0.3) is 5.91 Å². The molecule has 1 amide bonds. The van der Waals surface area contributed by atoms with E-state index in [1.54, 1.807) is 11.3 Å². The molecule has 2 bridgehead atoms. The number of piperidine rings is 3. The third-order valence-electron chi connectivity index (χ3n) is 5.18. The van der Waals surface area contributed by atoms with E-state index >= 15 is 0 Å². The number of hydrogen-bond donors (Lipinski definition) is 1. The Morgan fingerprint density at radius 2 is 2.13 bits per heavy atom. The first-order valence-electron chi connectivity index (χ1n) is 8.19. The Bertz CT molecular complexity index is 713. The number of carbonyl (C=O) groups excluding carboxylic acids is 1. The molecule has 0 aromatic carbocycles. The van der Waals surface area contributed by atoms with Crippen molar-refractivity contribution in [3.8, 4) is 10.6 Å². The van der Waals surface area contributed by atoms with Gasteiger partial charge in [-0.25, -0.2) is 4.98 Å². The summed E-state index contributed by atoms with van der Waals surface area (Å²) in [6.45, 7) is 6.62. The van der Waals surface area contributed by atoms with Crippen LogP contribution in [0.2, 0.25) is 0 Å². The fourth-order valence-corrected chi connectivity index (χ4v) is 5.40. The lowest BCUT2D eigenvalue weighted by atomic mass is 9.79. The van der Waals surface area contributed by atoms with Crippen molar-refractivity contribution in [1.82, 2.24) is 15.2 Å². The topological polar surface area (TPSA) is 45.2 Å². The quantitative estimate of drug-likeness (QED) is 0.926. The molecule has 0 unspecified atom stereocenters. The minimum Gasteiger partial charge on any atom is -0.347 e. The maximum Gasteiger partial charge on any atom is 0.261 e. The highest BCUT2D eigenvalue weighted by atomic mass is 32.1. The molecule has 5 rings (SSSR count). The molecule has 0 radical (unpaired) electrons. The summed E-state index contributed by atoms with van der Waals surface area (Å²) in [4.78, 5) is 21.5. The van der Waals surface area contributed by atoms with Crippen LogP contribution in [0.25, 0.3) is 10.6 Å². The Labute approximate surface area is 144 Å². The van der Waals surface area contributed by atoms with Gasteiger partial charge in [-0.2, -0.15) is 0 Å². The Balaban J connectivity index is 1.48. The molecule has 0 spiro atoms. The van der Waals surface area contributed by atoms with Crippen molar-refractivity contribution in [3.63, 3.8) is 0 Å². The smallest absolute Gasteiger partial charge is 0.261 e. The number of aromatic nitrogens is 1. The van der Waals surface area contributed by atoms with Crippen LogP contribution < -0.4 is 5.32 Å². The van der Waals surface area contributed by atoms with E-state index in [4.69, 9.17) is 0 Å². The average Bonchev–Trinajstić information content (AvgIpc) is 3.20. The van der Waals surface area contributed by atoms with Gasteiger partial charge in [-0.05, 0) is 57.8 Å². The number of amides is 1. The molecule has 0 aliphatic carbocycles. The average molecular weight is 348 g/mol. The number of hydrogen-bond acceptors (Lipinski definition) is 5. The van der Waals surface area contributed by atoms with Gasteiger partial charge in [0, 0.05) is 17.5 Å². The molecular formula is C17H21N3OS2. The number of nitrogens with zero attached hydrogens (tertiary/aromatic N) is 2. The number of rotatable bonds is 3. The Hall–Kier alpha value is -1.24. The van der Waals surface area contributed by atoms with E-state index in [-0.39, 0.29) is 11.9 Å². The second-order valence-electron chi connectivity index (χ2n) is 6.53. The van der Waals surface area contributed by atoms with Gasteiger partial charge in [0.2, 0.25) is 0 Å². The van der Waals surface area contributed by atoms with E-state index in [2.05, 4.69) is 27.5 Å². The monoisotopic (exact) mass is 347 g/mol. The van der Waals surface area contributed by atoms with Gasteiger partial charge >= 0.3 is 0 Å². The van der Waals surface area contributed by atoms with Gasteiger partial charge in [0.05, 0.1) is 20.5 Å². The lowest BCUT2D eigenvalue weighted by Crippen LogP contribution is -2.62. The fraction of sp³-hybridized carbons (Fsp3) is 0.529. The van der Waals surface area contributed by atoms with Crippen LogP contribution in [0.15, 0.2) is 17.5 Å². The van der Waals surface area contributed by atoms with E-state index in [0.29, 0.717) is 12.0 Å². The normalized spacial score (nSPS) is 29.7. The Morgan fingerprint density at radius 3 is 2.78 bits per heavy atom. The summed E-state index contributed by atoms with van der Waals surface area (Å²) in [5.74, 6) is 0.707. The van der Waals surface area contributed by atoms with E-state index in [0.717, 1.165) is 20.5 Å². The van der Waals surface area contributed by atoms with Crippen molar-refractivity contribution in [3.05, 3.63) is 27.4 Å². The van der Waals surface area contributed by atoms with Crippen molar-refractivity contribution >= 4 is 28.6 Å². The van der Waals surface area contributed by atoms with Crippen LogP contribution in [0, 0.1) is 12.8 Å². The van der Waals surface area contributed by atoms with Crippen LogP contribution in [0.5, 0.6) is 0 Å². The summed E-state index contributed by atoms with van der Waals surface area (Å²) >= 11 is 3.18. The van der Waals surface area contributed by atoms with E-state index in [1.807, 2.05) is 19.1 Å². The summed E-state index contributed by atoms with van der Waals surface area (Å²) in [7, 11) is 0. The van der Waals surface area contributed by atoms with Gasteiger partial charge in [0.15, 0.2) is 0 Å². The number of nitrogens with one attached hydrogen (secondary N) is 1. The Kier molecular flexibility index (Phi) is 3.99. The molecule has 3 saturated heterocycles. The first-order valence-corrected chi connectivity index (χ1v) is 9.88. The predicted molar refractivity (Wildman–Crippen MR) is 95.2 cm³/mol.